The van der Waals surface area contributed by atoms with E-state index in [1.165, 1.54) is 18.1 Å². The second-order valence-corrected chi connectivity index (χ2v) is 9.60. The van der Waals surface area contributed by atoms with Gasteiger partial charge in [-0.25, -0.2) is 0 Å². The van der Waals surface area contributed by atoms with Crippen LogP contribution in [0.5, 0.6) is 0 Å². The summed E-state index contributed by atoms with van der Waals surface area (Å²) in [4.78, 5) is 35.9. The molecule has 0 aromatic heterocycles. The third-order valence-electron chi connectivity index (χ3n) is 8.36. The zero-order valence-electron chi connectivity index (χ0n) is 17.0. The molecular formula is C23H30O5. The Kier molecular flexibility index (Phi) is 4.46. The molecule has 5 nitrogen and oxygen atoms in total. The molecule has 0 spiro atoms. The molecule has 1 N–H and O–H groups in total. The van der Waals surface area contributed by atoms with E-state index in [1.807, 2.05) is 13.0 Å². The number of ether oxygens (including phenoxy) is 1. The molecule has 4 aliphatic carbocycles. The van der Waals surface area contributed by atoms with Gasteiger partial charge in [-0.3, -0.25) is 14.4 Å². The number of allylic oxidation sites excluding steroid dienone is 4. The van der Waals surface area contributed by atoms with Crippen LogP contribution < -0.4 is 0 Å². The summed E-state index contributed by atoms with van der Waals surface area (Å²) in [5.74, 6) is -0.0813. The Morgan fingerprint density at radius 2 is 1.96 bits per heavy atom. The molecule has 4 rings (SSSR count). The lowest BCUT2D eigenvalue weighted by molar-refractivity contribution is -0.162. The summed E-state index contributed by atoms with van der Waals surface area (Å²) in [6.45, 7) is 5.21. The maximum absolute atomic E-state index is 12.8. The number of esters is 1. The number of carbonyl (C=O) groups is 3. The van der Waals surface area contributed by atoms with Gasteiger partial charge in [-0.1, -0.05) is 31.1 Å². The van der Waals surface area contributed by atoms with Crippen molar-refractivity contribution < 1.29 is 24.2 Å². The first-order valence-electron chi connectivity index (χ1n) is 10.5. The van der Waals surface area contributed by atoms with Crippen LogP contribution in [0.3, 0.4) is 0 Å². The quantitative estimate of drug-likeness (QED) is 0.595. The van der Waals surface area contributed by atoms with E-state index in [0.717, 1.165) is 25.7 Å². The molecule has 5 atom stereocenters. The van der Waals surface area contributed by atoms with E-state index in [-0.39, 0.29) is 29.5 Å². The molecule has 0 heterocycles. The van der Waals surface area contributed by atoms with E-state index < -0.39 is 17.0 Å². The molecule has 0 bridgehead atoms. The highest BCUT2D eigenvalue weighted by Gasteiger charge is 2.64. The Hall–Kier alpha value is -1.75. The SMILES string of the molecule is CC(=O)OCC(=O)[C@@]1(O)CC[C@H]2[C@H]3CCC4=CC(=O)CC[C@]4(C)C3=CC[C@@]21C. The van der Waals surface area contributed by atoms with Crippen molar-refractivity contribution >= 4 is 17.5 Å². The second-order valence-electron chi connectivity index (χ2n) is 9.60. The minimum absolute atomic E-state index is 0.0549. The predicted molar refractivity (Wildman–Crippen MR) is 103 cm³/mol. The number of fused-ring (bicyclic) bond motifs is 5. The molecular weight excluding hydrogens is 356 g/mol. The van der Waals surface area contributed by atoms with Gasteiger partial charge in [0.15, 0.2) is 12.4 Å². The molecule has 0 unspecified atom stereocenters. The molecule has 0 aromatic carbocycles. The van der Waals surface area contributed by atoms with Crippen molar-refractivity contribution in [3.05, 3.63) is 23.3 Å². The van der Waals surface area contributed by atoms with E-state index >= 15 is 0 Å². The normalized spacial score (nSPS) is 41.9. The van der Waals surface area contributed by atoms with Crippen molar-refractivity contribution in [3.8, 4) is 0 Å². The van der Waals surface area contributed by atoms with Crippen molar-refractivity contribution in [1.29, 1.82) is 0 Å². The van der Waals surface area contributed by atoms with Crippen LogP contribution in [0, 0.1) is 22.7 Å². The molecule has 28 heavy (non-hydrogen) atoms. The summed E-state index contributed by atoms with van der Waals surface area (Å²) in [6, 6.07) is 0. The average molecular weight is 386 g/mol. The Bertz CT molecular complexity index is 808. The van der Waals surface area contributed by atoms with Gasteiger partial charge in [-0.15, -0.1) is 0 Å². The molecule has 0 radical (unpaired) electrons. The zero-order valence-corrected chi connectivity index (χ0v) is 17.0. The number of carbonyl (C=O) groups excluding carboxylic acids is 3. The molecule has 0 amide bonds. The first-order valence-corrected chi connectivity index (χ1v) is 10.5. The fourth-order valence-electron chi connectivity index (χ4n) is 6.61. The molecule has 0 aliphatic heterocycles. The van der Waals surface area contributed by atoms with Crippen LogP contribution in [-0.4, -0.2) is 34.9 Å². The van der Waals surface area contributed by atoms with Crippen LogP contribution in [0.1, 0.15) is 65.7 Å². The number of ketones is 2. The summed E-state index contributed by atoms with van der Waals surface area (Å²) in [5.41, 5.74) is 0.626. The Labute approximate surface area is 166 Å². The molecule has 152 valence electrons. The lowest BCUT2D eigenvalue weighted by Gasteiger charge is -2.54. The van der Waals surface area contributed by atoms with Crippen LogP contribution in [0.25, 0.3) is 0 Å². The van der Waals surface area contributed by atoms with Crippen LogP contribution in [0.2, 0.25) is 0 Å². The highest BCUT2D eigenvalue weighted by atomic mass is 16.5. The van der Waals surface area contributed by atoms with Gasteiger partial charge < -0.3 is 9.84 Å². The number of rotatable bonds is 3. The number of hydrogen-bond acceptors (Lipinski definition) is 5. The van der Waals surface area contributed by atoms with Crippen LogP contribution in [0.15, 0.2) is 23.3 Å². The van der Waals surface area contributed by atoms with E-state index in [2.05, 4.69) is 13.0 Å². The largest absolute Gasteiger partial charge is 0.458 e. The van der Waals surface area contributed by atoms with Crippen LogP contribution in [0.4, 0.5) is 0 Å². The molecule has 2 fully saturated rings. The fourth-order valence-corrected chi connectivity index (χ4v) is 6.61. The minimum atomic E-state index is -1.45. The van der Waals surface area contributed by atoms with Crippen molar-refractivity contribution in [3.63, 3.8) is 0 Å². The molecule has 0 saturated heterocycles. The van der Waals surface area contributed by atoms with Crippen LogP contribution in [-0.2, 0) is 19.1 Å². The first-order chi connectivity index (χ1) is 13.1. The fraction of sp³-hybridized carbons (Fsp3) is 0.696. The lowest BCUT2D eigenvalue weighted by atomic mass is 9.50. The topological polar surface area (TPSA) is 80.7 Å². The Balaban J connectivity index is 1.66. The van der Waals surface area contributed by atoms with E-state index in [9.17, 15) is 19.5 Å². The average Bonchev–Trinajstić information content (AvgIpc) is 2.92. The van der Waals surface area contributed by atoms with Gasteiger partial charge in [0.2, 0.25) is 5.78 Å². The van der Waals surface area contributed by atoms with Crippen molar-refractivity contribution in [2.45, 2.75) is 71.3 Å². The third-order valence-corrected chi connectivity index (χ3v) is 8.36. The molecule has 5 heteroatoms. The standard InChI is InChI=1S/C23H30O5/c1-14(24)28-13-20(26)23(27)11-8-19-17-5-4-15-12-16(25)6-9-21(15,2)18(17)7-10-22(19,23)3/h7,12,17,19,27H,4-6,8-11,13H2,1-3H3/t17-,19-,21-,22-,23-/m0/s1. The predicted octanol–water partition coefficient (Wildman–Crippen LogP) is 3.30. The highest BCUT2D eigenvalue weighted by Crippen LogP contribution is 2.65. The van der Waals surface area contributed by atoms with Gasteiger partial charge in [0, 0.05) is 24.2 Å². The minimum Gasteiger partial charge on any atom is -0.458 e. The summed E-state index contributed by atoms with van der Waals surface area (Å²) < 4.78 is 4.91. The number of aliphatic hydroxyl groups is 1. The maximum atomic E-state index is 12.8. The van der Waals surface area contributed by atoms with E-state index in [0.29, 0.717) is 25.2 Å². The summed E-state index contributed by atoms with van der Waals surface area (Å²) in [6.07, 6.45) is 9.31. The molecule has 0 aromatic rings. The molecule has 4 aliphatic rings. The zero-order chi connectivity index (χ0) is 20.3. The van der Waals surface area contributed by atoms with E-state index in [1.54, 1.807) is 0 Å². The second kappa shape index (κ2) is 6.38. The third kappa shape index (κ3) is 2.58. The van der Waals surface area contributed by atoms with Gasteiger partial charge in [0.05, 0.1) is 0 Å². The summed E-state index contributed by atoms with van der Waals surface area (Å²) in [7, 11) is 0. The maximum Gasteiger partial charge on any atom is 0.303 e. The highest BCUT2D eigenvalue weighted by molar-refractivity contribution is 5.92. The summed E-state index contributed by atoms with van der Waals surface area (Å²) >= 11 is 0. The molecule has 2 saturated carbocycles. The van der Waals surface area contributed by atoms with Crippen molar-refractivity contribution in [1.82, 2.24) is 0 Å². The summed E-state index contributed by atoms with van der Waals surface area (Å²) in [5, 5.41) is 11.4. The smallest absolute Gasteiger partial charge is 0.303 e. The van der Waals surface area contributed by atoms with Gasteiger partial charge in [0.25, 0.3) is 0 Å². The number of Topliss-reactive ketones (excluding diaryl/α,β-unsaturated/α-hetero) is 1. The lowest BCUT2D eigenvalue weighted by Crippen LogP contribution is -2.55. The Morgan fingerprint density at radius 1 is 1.21 bits per heavy atom. The van der Waals surface area contributed by atoms with Gasteiger partial charge >= 0.3 is 5.97 Å². The van der Waals surface area contributed by atoms with Gasteiger partial charge in [-0.05, 0) is 56.4 Å². The van der Waals surface area contributed by atoms with Gasteiger partial charge in [-0.2, -0.15) is 0 Å². The first kappa shape index (κ1) is 19.6. The van der Waals surface area contributed by atoms with Gasteiger partial charge in [0.1, 0.15) is 5.60 Å². The van der Waals surface area contributed by atoms with Crippen molar-refractivity contribution in [2.75, 3.05) is 6.61 Å². The monoisotopic (exact) mass is 386 g/mol. The Morgan fingerprint density at radius 3 is 2.68 bits per heavy atom. The van der Waals surface area contributed by atoms with Crippen LogP contribution >= 0.6 is 0 Å². The number of hydrogen-bond donors (Lipinski definition) is 1. The van der Waals surface area contributed by atoms with E-state index in [4.69, 9.17) is 4.74 Å². The van der Waals surface area contributed by atoms with Crippen molar-refractivity contribution in [2.24, 2.45) is 22.7 Å².